The fourth-order valence-corrected chi connectivity index (χ4v) is 5.21. The summed E-state index contributed by atoms with van der Waals surface area (Å²) in [6.45, 7) is 3.01. The Bertz CT molecular complexity index is 788. The van der Waals surface area contributed by atoms with Gasteiger partial charge in [0.1, 0.15) is 16.5 Å². The molecule has 1 amide bonds. The molecular weight excluding hydrogens is 388 g/mol. The Morgan fingerprint density at radius 1 is 0.893 bits per heavy atom. The fraction of sp³-hybridized carbons (Fsp3) is 0.632. The summed E-state index contributed by atoms with van der Waals surface area (Å²) in [5, 5.41) is 0. The molecule has 0 radical (unpaired) electrons. The van der Waals surface area contributed by atoms with Gasteiger partial charge in [-0.05, 0) is 25.0 Å². The molecule has 0 saturated carbocycles. The summed E-state index contributed by atoms with van der Waals surface area (Å²) in [6, 6.07) is 2.47. The summed E-state index contributed by atoms with van der Waals surface area (Å²) in [6.07, 6.45) is 5.59. The van der Waals surface area contributed by atoms with E-state index in [0.717, 1.165) is 50.9 Å². The van der Waals surface area contributed by atoms with Crippen LogP contribution in [0.5, 0.6) is 0 Å². The number of piperazine rings is 1. The molecule has 2 fully saturated rings. The first kappa shape index (κ1) is 21.1. The lowest BCUT2D eigenvalue weighted by atomic mass is 10.1. The van der Waals surface area contributed by atoms with Crippen molar-refractivity contribution in [1.82, 2.24) is 14.1 Å². The number of halogens is 2. The fourth-order valence-electron chi connectivity index (χ4n) is 3.74. The summed E-state index contributed by atoms with van der Waals surface area (Å²) >= 11 is 0. The van der Waals surface area contributed by atoms with Crippen molar-refractivity contribution in [2.75, 3.05) is 45.8 Å². The van der Waals surface area contributed by atoms with Gasteiger partial charge in [-0.3, -0.25) is 9.69 Å². The van der Waals surface area contributed by atoms with E-state index in [1.807, 2.05) is 9.80 Å². The second-order valence-corrected chi connectivity index (χ2v) is 9.31. The Balaban J connectivity index is 1.55. The largest absolute Gasteiger partial charge is 0.342 e. The maximum absolute atomic E-state index is 13.9. The van der Waals surface area contributed by atoms with E-state index in [2.05, 4.69) is 0 Å². The zero-order valence-corrected chi connectivity index (χ0v) is 16.8. The van der Waals surface area contributed by atoms with Crippen molar-refractivity contribution in [3.05, 3.63) is 29.8 Å². The zero-order valence-electron chi connectivity index (χ0n) is 15.9. The van der Waals surface area contributed by atoms with Crippen molar-refractivity contribution in [1.29, 1.82) is 0 Å². The van der Waals surface area contributed by atoms with Crippen LogP contribution in [-0.4, -0.2) is 74.2 Å². The lowest BCUT2D eigenvalue weighted by Gasteiger charge is -2.35. The lowest BCUT2D eigenvalue weighted by Crippen LogP contribution is -2.51. The van der Waals surface area contributed by atoms with Crippen LogP contribution in [0.2, 0.25) is 0 Å². The average Bonchev–Trinajstić information content (AvgIpc) is 2.61. The number of sulfonamides is 1. The van der Waals surface area contributed by atoms with Gasteiger partial charge in [-0.15, -0.1) is 0 Å². The third kappa shape index (κ3) is 5.07. The Kier molecular flexibility index (Phi) is 7.00. The maximum atomic E-state index is 13.9. The number of benzene rings is 1. The van der Waals surface area contributed by atoms with E-state index in [9.17, 15) is 22.0 Å². The van der Waals surface area contributed by atoms with E-state index in [0.29, 0.717) is 19.2 Å². The molecular formula is C19H27F2N3O3S. The monoisotopic (exact) mass is 415 g/mol. The molecule has 0 aromatic heterocycles. The van der Waals surface area contributed by atoms with Gasteiger partial charge >= 0.3 is 0 Å². The predicted molar refractivity (Wildman–Crippen MR) is 101 cm³/mol. The highest BCUT2D eigenvalue weighted by atomic mass is 32.2. The standard InChI is InChI=1S/C19H27F2N3O3S/c20-16-6-7-18(17(21)14-16)28(26,27)24-12-10-22(11-13-24)15-19(25)23-8-4-2-1-3-5-9-23/h6-7,14H,1-5,8-13,15H2. The van der Waals surface area contributed by atoms with Crippen molar-refractivity contribution >= 4 is 15.9 Å². The van der Waals surface area contributed by atoms with Crippen LogP contribution in [0, 0.1) is 11.6 Å². The number of likely N-dealkylation sites (tertiary alicyclic amines) is 1. The number of hydrogen-bond acceptors (Lipinski definition) is 4. The van der Waals surface area contributed by atoms with E-state index in [1.165, 1.54) is 10.7 Å². The van der Waals surface area contributed by atoms with Gasteiger partial charge in [-0.2, -0.15) is 4.31 Å². The molecule has 28 heavy (non-hydrogen) atoms. The Morgan fingerprint density at radius 2 is 1.50 bits per heavy atom. The number of rotatable bonds is 4. The molecule has 3 rings (SSSR count). The molecule has 156 valence electrons. The molecule has 2 aliphatic rings. The molecule has 0 unspecified atom stereocenters. The average molecular weight is 416 g/mol. The molecule has 0 spiro atoms. The number of carbonyl (C=O) groups excluding carboxylic acids is 1. The van der Waals surface area contributed by atoms with Gasteiger partial charge in [-0.1, -0.05) is 19.3 Å². The van der Waals surface area contributed by atoms with Crippen molar-refractivity contribution in [3.63, 3.8) is 0 Å². The summed E-state index contributed by atoms with van der Waals surface area (Å²) in [7, 11) is -4.02. The Labute approximate surface area is 165 Å². The van der Waals surface area contributed by atoms with E-state index < -0.39 is 26.6 Å². The molecule has 2 aliphatic heterocycles. The molecule has 2 saturated heterocycles. The normalized spacial score (nSPS) is 20.6. The first-order valence-electron chi connectivity index (χ1n) is 9.83. The van der Waals surface area contributed by atoms with Crippen molar-refractivity contribution in [2.45, 2.75) is 37.0 Å². The minimum absolute atomic E-state index is 0.0859. The van der Waals surface area contributed by atoms with Crippen molar-refractivity contribution < 1.29 is 22.0 Å². The van der Waals surface area contributed by atoms with Crippen molar-refractivity contribution in [3.8, 4) is 0 Å². The van der Waals surface area contributed by atoms with Crippen LogP contribution in [0.25, 0.3) is 0 Å². The van der Waals surface area contributed by atoms with Crippen LogP contribution >= 0.6 is 0 Å². The highest BCUT2D eigenvalue weighted by Gasteiger charge is 2.31. The molecule has 0 bridgehead atoms. The number of amides is 1. The minimum atomic E-state index is -4.02. The molecule has 0 atom stereocenters. The Morgan fingerprint density at radius 3 is 2.11 bits per heavy atom. The first-order chi connectivity index (χ1) is 13.4. The zero-order chi connectivity index (χ0) is 20.1. The number of hydrogen-bond donors (Lipinski definition) is 0. The van der Waals surface area contributed by atoms with Gasteiger partial charge in [-0.25, -0.2) is 17.2 Å². The summed E-state index contributed by atoms with van der Waals surface area (Å²) in [5.41, 5.74) is 0. The van der Waals surface area contributed by atoms with Crippen LogP contribution in [0.3, 0.4) is 0 Å². The van der Waals surface area contributed by atoms with Crippen molar-refractivity contribution in [2.24, 2.45) is 0 Å². The highest BCUT2D eigenvalue weighted by molar-refractivity contribution is 7.89. The minimum Gasteiger partial charge on any atom is -0.342 e. The molecule has 0 aliphatic carbocycles. The molecule has 6 nitrogen and oxygen atoms in total. The molecule has 0 N–H and O–H groups in total. The van der Waals surface area contributed by atoms with E-state index in [-0.39, 0.29) is 25.5 Å². The third-order valence-corrected chi connectivity index (χ3v) is 7.34. The summed E-state index contributed by atoms with van der Waals surface area (Å²) < 4.78 is 53.4. The van der Waals surface area contributed by atoms with Gasteiger partial charge in [0, 0.05) is 45.3 Å². The molecule has 9 heteroatoms. The van der Waals surface area contributed by atoms with E-state index in [4.69, 9.17) is 0 Å². The third-order valence-electron chi connectivity index (χ3n) is 5.41. The van der Waals surface area contributed by atoms with Crippen LogP contribution in [0.15, 0.2) is 23.1 Å². The molecule has 1 aromatic carbocycles. The van der Waals surface area contributed by atoms with Crippen LogP contribution in [-0.2, 0) is 14.8 Å². The van der Waals surface area contributed by atoms with Gasteiger partial charge in [0.15, 0.2) is 0 Å². The smallest absolute Gasteiger partial charge is 0.246 e. The predicted octanol–water partition coefficient (Wildman–Crippen LogP) is 2.06. The number of carbonyl (C=O) groups is 1. The second kappa shape index (κ2) is 9.28. The highest BCUT2D eigenvalue weighted by Crippen LogP contribution is 2.21. The first-order valence-corrected chi connectivity index (χ1v) is 11.3. The van der Waals surface area contributed by atoms with Gasteiger partial charge in [0.2, 0.25) is 15.9 Å². The van der Waals surface area contributed by atoms with E-state index in [1.54, 1.807) is 0 Å². The Hall–Kier alpha value is -1.58. The van der Waals surface area contributed by atoms with Gasteiger partial charge < -0.3 is 4.90 Å². The summed E-state index contributed by atoms with van der Waals surface area (Å²) in [5.74, 6) is -1.82. The topological polar surface area (TPSA) is 60.9 Å². The van der Waals surface area contributed by atoms with Gasteiger partial charge in [0.25, 0.3) is 0 Å². The van der Waals surface area contributed by atoms with Gasteiger partial charge in [0.05, 0.1) is 6.54 Å². The number of nitrogens with zero attached hydrogens (tertiary/aromatic N) is 3. The second-order valence-electron chi connectivity index (χ2n) is 7.40. The quantitative estimate of drug-likeness (QED) is 0.755. The van der Waals surface area contributed by atoms with Crippen LogP contribution in [0.1, 0.15) is 32.1 Å². The SMILES string of the molecule is O=C(CN1CCN(S(=O)(=O)c2ccc(F)cc2F)CC1)N1CCCCCCC1. The molecule has 1 aromatic rings. The summed E-state index contributed by atoms with van der Waals surface area (Å²) in [4.78, 5) is 15.9. The van der Waals surface area contributed by atoms with Crippen LogP contribution < -0.4 is 0 Å². The van der Waals surface area contributed by atoms with E-state index >= 15 is 0 Å². The maximum Gasteiger partial charge on any atom is 0.246 e. The lowest BCUT2D eigenvalue weighted by molar-refractivity contribution is -0.133. The molecule has 2 heterocycles. The van der Waals surface area contributed by atoms with Crippen LogP contribution in [0.4, 0.5) is 8.78 Å².